The van der Waals surface area contributed by atoms with Crippen LogP contribution in [0.25, 0.3) is 0 Å². The molecule has 1 aliphatic rings. The minimum absolute atomic E-state index is 0.285. The Hall–Kier alpha value is -0.500. The fraction of sp³-hybridized carbons (Fsp3) is 0.857. The second-order valence-electron chi connectivity index (χ2n) is 4.79. The first-order chi connectivity index (χ1) is 7.58. The highest BCUT2D eigenvalue weighted by atomic mass is 16.3. The smallest absolute Gasteiger partial charge is 0.0450 e. The van der Waals surface area contributed by atoms with E-state index >= 15 is 0 Å². The minimum atomic E-state index is 0.285. The zero-order valence-electron chi connectivity index (χ0n) is 11.7. The molecular weight excluding hydrogens is 198 g/mol. The van der Waals surface area contributed by atoms with Crippen LogP contribution in [0.3, 0.4) is 0 Å². The number of hydrogen-bond donors (Lipinski definition) is 1. The second-order valence-corrected chi connectivity index (χ2v) is 4.79. The number of hydrogen-bond acceptors (Lipinski definition) is 2. The molecule has 0 spiro atoms. The van der Waals surface area contributed by atoms with Gasteiger partial charge < -0.3 is 10.0 Å². The van der Waals surface area contributed by atoms with Gasteiger partial charge in [-0.3, -0.25) is 0 Å². The lowest BCUT2D eigenvalue weighted by atomic mass is 10.1. The van der Waals surface area contributed by atoms with E-state index in [4.69, 9.17) is 5.11 Å². The van der Waals surface area contributed by atoms with E-state index in [1.54, 1.807) is 0 Å². The highest BCUT2D eigenvalue weighted by Crippen LogP contribution is 2.28. The van der Waals surface area contributed by atoms with Crippen LogP contribution in [-0.4, -0.2) is 29.7 Å². The average Bonchev–Trinajstić information content (AvgIpc) is 2.65. The van der Waals surface area contributed by atoms with Crippen LogP contribution in [0.15, 0.2) is 11.8 Å². The van der Waals surface area contributed by atoms with E-state index in [-0.39, 0.29) is 6.61 Å². The molecule has 2 nitrogen and oxygen atoms in total. The number of rotatable bonds is 4. The molecule has 0 saturated heterocycles. The van der Waals surface area contributed by atoms with Crippen molar-refractivity contribution in [3.63, 3.8) is 0 Å². The topological polar surface area (TPSA) is 23.5 Å². The average molecular weight is 227 g/mol. The van der Waals surface area contributed by atoms with Crippen molar-refractivity contribution in [3.05, 3.63) is 11.8 Å². The van der Waals surface area contributed by atoms with Crippen LogP contribution in [0.1, 0.15) is 53.4 Å². The summed E-state index contributed by atoms with van der Waals surface area (Å²) in [5.74, 6) is 0.700. The van der Waals surface area contributed by atoms with E-state index in [2.05, 4.69) is 45.7 Å². The van der Waals surface area contributed by atoms with Crippen molar-refractivity contribution in [2.75, 3.05) is 13.7 Å². The molecule has 1 N–H and O–H groups in total. The molecule has 16 heavy (non-hydrogen) atoms. The summed E-state index contributed by atoms with van der Waals surface area (Å²) in [6.45, 7) is 8.98. The summed E-state index contributed by atoms with van der Waals surface area (Å²) in [5, 5.41) is 8.85. The highest BCUT2D eigenvalue weighted by Gasteiger charge is 2.20. The predicted molar refractivity (Wildman–Crippen MR) is 71.4 cm³/mol. The molecule has 0 amide bonds. The zero-order valence-corrected chi connectivity index (χ0v) is 11.7. The maximum Gasteiger partial charge on any atom is 0.0450 e. The molecule has 0 fully saturated rings. The van der Waals surface area contributed by atoms with Gasteiger partial charge in [-0.05, 0) is 32.1 Å². The quantitative estimate of drug-likeness (QED) is 0.795. The molecule has 0 aromatic carbocycles. The van der Waals surface area contributed by atoms with Gasteiger partial charge in [0.2, 0.25) is 0 Å². The van der Waals surface area contributed by atoms with E-state index < -0.39 is 0 Å². The molecule has 2 atom stereocenters. The van der Waals surface area contributed by atoms with Gasteiger partial charge in [-0.1, -0.05) is 33.3 Å². The molecule has 0 bridgehead atoms. The molecular formula is C14H29NO. The third kappa shape index (κ3) is 5.02. The summed E-state index contributed by atoms with van der Waals surface area (Å²) in [7, 11) is 2.13. The van der Waals surface area contributed by atoms with Crippen molar-refractivity contribution < 1.29 is 5.11 Å². The molecule has 0 aromatic heterocycles. The van der Waals surface area contributed by atoms with Gasteiger partial charge in [0.1, 0.15) is 0 Å². The van der Waals surface area contributed by atoms with Gasteiger partial charge in [0.25, 0.3) is 0 Å². The third-order valence-electron chi connectivity index (χ3n) is 3.07. The lowest BCUT2D eigenvalue weighted by molar-refractivity contribution is 0.215. The molecule has 1 aliphatic carbocycles. The standard InChI is InChI=1S/C11H21NO.C3H8/c1-9-5-4-6-11(9)12(3)10(2)7-8-13;1-3-2/h6,9-10,13H,4-5,7-8H2,1-3H3;3H2,1-2H3/t9-,10+;/m1./s1. The summed E-state index contributed by atoms with van der Waals surface area (Å²) >= 11 is 0. The van der Waals surface area contributed by atoms with Gasteiger partial charge in [-0.2, -0.15) is 0 Å². The molecule has 0 saturated carbocycles. The predicted octanol–water partition coefficient (Wildman–Crippen LogP) is 3.42. The normalized spacial score (nSPS) is 20.9. The number of allylic oxidation sites excluding steroid dienone is 2. The van der Waals surface area contributed by atoms with Gasteiger partial charge in [-0.25, -0.2) is 0 Å². The van der Waals surface area contributed by atoms with E-state index in [1.807, 2.05) is 0 Å². The molecule has 0 aromatic rings. The van der Waals surface area contributed by atoms with Crippen LogP contribution in [0.2, 0.25) is 0 Å². The second kappa shape index (κ2) is 8.63. The SMILES string of the molecule is CCC.C[C@@H]1CCC=C1N(C)[C@@H](C)CCO. The van der Waals surface area contributed by atoms with E-state index in [0.29, 0.717) is 12.0 Å². The maximum absolute atomic E-state index is 8.85. The first kappa shape index (κ1) is 15.5. The van der Waals surface area contributed by atoms with E-state index in [0.717, 1.165) is 6.42 Å². The van der Waals surface area contributed by atoms with Gasteiger partial charge in [0, 0.05) is 25.4 Å². The molecule has 2 heteroatoms. The van der Waals surface area contributed by atoms with Crippen molar-refractivity contribution in [3.8, 4) is 0 Å². The third-order valence-corrected chi connectivity index (χ3v) is 3.07. The zero-order chi connectivity index (χ0) is 12.6. The van der Waals surface area contributed by atoms with Gasteiger partial charge >= 0.3 is 0 Å². The van der Waals surface area contributed by atoms with Crippen molar-refractivity contribution in [1.82, 2.24) is 4.90 Å². The largest absolute Gasteiger partial charge is 0.396 e. The molecule has 0 aliphatic heterocycles. The Bertz CT molecular complexity index is 201. The number of nitrogens with zero attached hydrogens (tertiary/aromatic N) is 1. The summed E-state index contributed by atoms with van der Waals surface area (Å²) < 4.78 is 0. The Morgan fingerprint density at radius 1 is 1.50 bits per heavy atom. The molecule has 96 valence electrons. The van der Waals surface area contributed by atoms with Crippen LogP contribution >= 0.6 is 0 Å². The van der Waals surface area contributed by atoms with Crippen molar-refractivity contribution in [1.29, 1.82) is 0 Å². The van der Waals surface area contributed by atoms with Gasteiger partial charge in [0.15, 0.2) is 0 Å². The summed E-state index contributed by atoms with van der Waals surface area (Å²) in [5.41, 5.74) is 1.46. The molecule has 0 heterocycles. The van der Waals surface area contributed by atoms with Crippen LogP contribution in [0.4, 0.5) is 0 Å². The van der Waals surface area contributed by atoms with Gasteiger partial charge in [0.05, 0.1) is 0 Å². The van der Waals surface area contributed by atoms with Crippen molar-refractivity contribution in [2.45, 2.75) is 59.4 Å². The van der Waals surface area contributed by atoms with Crippen LogP contribution < -0.4 is 0 Å². The Morgan fingerprint density at radius 3 is 2.44 bits per heavy atom. The monoisotopic (exact) mass is 227 g/mol. The first-order valence-electron chi connectivity index (χ1n) is 6.62. The Morgan fingerprint density at radius 2 is 2.06 bits per heavy atom. The van der Waals surface area contributed by atoms with Crippen LogP contribution in [0.5, 0.6) is 0 Å². The Kier molecular flexibility index (Phi) is 8.36. The van der Waals surface area contributed by atoms with Crippen LogP contribution in [0, 0.1) is 5.92 Å². The van der Waals surface area contributed by atoms with E-state index in [1.165, 1.54) is 25.0 Å². The Labute approximate surface area is 101 Å². The Balaban J connectivity index is 0.000000673. The summed E-state index contributed by atoms with van der Waals surface area (Å²) in [4.78, 5) is 2.31. The maximum atomic E-state index is 8.85. The van der Waals surface area contributed by atoms with Crippen molar-refractivity contribution >= 4 is 0 Å². The van der Waals surface area contributed by atoms with Crippen molar-refractivity contribution in [2.24, 2.45) is 5.92 Å². The molecule has 1 rings (SSSR count). The van der Waals surface area contributed by atoms with Gasteiger partial charge in [-0.15, -0.1) is 0 Å². The highest BCUT2D eigenvalue weighted by molar-refractivity contribution is 5.10. The summed E-state index contributed by atoms with van der Waals surface area (Å²) in [6, 6.07) is 0.455. The van der Waals surface area contributed by atoms with Crippen LogP contribution in [-0.2, 0) is 0 Å². The van der Waals surface area contributed by atoms with E-state index in [9.17, 15) is 0 Å². The number of aliphatic hydroxyl groups excluding tert-OH is 1. The lowest BCUT2D eigenvalue weighted by Gasteiger charge is -2.30. The minimum Gasteiger partial charge on any atom is -0.396 e. The molecule has 0 radical (unpaired) electrons. The first-order valence-corrected chi connectivity index (χ1v) is 6.62. The lowest BCUT2D eigenvalue weighted by Crippen LogP contribution is -2.30. The number of aliphatic hydroxyl groups is 1. The molecule has 0 unspecified atom stereocenters. The summed E-state index contributed by atoms with van der Waals surface area (Å²) in [6.07, 6.45) is 6.94. The fourth-order valence-electron chi connectivity index (χ4n) is 1.96. The fourth-order valence-corrected chi connectivity index (χ4v) is 1.96.